The van der Waals surface area contributed by atoms with Gasteiger partial charge in [-0.05, 0) is 34.2 Å². The molecule has 14 heteroatoms. The first kappa shape index (κ1) is 28.5. The number of nitrogens with zero attached hydrogens (tertiary/aromatic N) is 2. The highest BCUT2D eigenvalue weighted by Gasteiger charge is 2.39. The van der Waals surface area contributed by atoms with Crippen LogP contribution in [0.5, 0.6) is 0 Å². The van der Waals surface area contributed by atoms with Crippen LogP contribution in [-0.2, 0) is 23.1 Å². The molecule has 6 atom stereocenters. The average Bonchev–Trinajstić information content (AvgIpc) is 3.11. The van der Waals surface area contributed by atoms with Crippen LogP contribution in [-0.4, -0.2) is 82.1 Å². The summed E-state index contributed by atoms with van der Waals surface area (Å²) in [6.07, 6.45) is -0.0767. The molecule has 3 rings (SSSR count). The van der Waals surface area contributed by atoms with E-state index < -0.39 is 37.4 Å². The first-order chi connectivity index (χ1) is 16.4. The van der Waals surface area contributed by atoms with Gasteiger partial charge in [0.2, 0.25) is 0 Å². The molecule has 0 aromatic carbocycles. The molecule has 0 saturated carbocycles. The van der Waals surface area contributed by atoms with Crippen molar-refractivity contribution in [1.82, 2.24) is 19.5 Å². The predicted octanol–water partition coefficient (Wildman–Crippen LogP) is 1.39. The lowest BCUT2D eigenvalue weighted by Crippen LogP contribution is -2.55. The lowest BCUT2D eigenvalue weighted by molar-refractivity contribution is -0.0943. The fourth-order valence-electron chi connectivity index (χ4n) is 4.33. The van der Waals surface area contributed by atoms with E-state index in [0.717, 1.165) is 6.42 Å². The number of rotatable bonds is 11. The molecule has 0 radical (unpaired) electrons. The topological polar surface area (TPSA) is 144 Å². The Labute approximate surface area is 209 Å². The van der Waals surface area contributed by atoms with E-state index in [-0.39, 0.29) is 49.9 Å². The molecule has 200 valence electrons. The predicted molar refractivity (Wildman–Crippen MR) is 130 cm³/mol. The van der Waals surface area contributed by atoms with Crippen molar-refractivity contribution in [3.05, 3.63) is 33.1 Å². The number of aromatic amines is 1. The number of ether oxygens (including phenoxy) is 2. The molecular weight excluding hydrogens is 503 g/mol. The number of alkyl halides is 1. The van der Waals surface area contributed by atoms with E-state index in [0.29, 0.717) is 6.42 Å². The van der Waals surface area contributed by atoms with Gasteiger partial charge in [-0.2, -0.15) is 0 Å². The van der Waals surface area contributed by atoms with Gasteiger partial charge >= 0.3 is 13.4 Å². The third kappa shape index (κ3) is 7.70. The van der Waals surface area contributed by atoms with Crippen molar-refractivity contribution in [2.24, 2.45) is 0 Å². The van der Waals surface area contributed by atoms with Gasteiger partial charge in [0.05, 0.1) is 25.4 Å². The lowest BCUT2D eigenvalue weighted by Gasteiger charge is -2.40. The van der Waals surface area contributed by atoms with Gasteiger partial charge < -0.3 is 14.6 Å². The number of aromatic nitrogens is 2. The summed E-state index contributed by atoms with van der Waals surface area (Å²) in [6, 6.07) is 1.19. The van der Waals surface area contributed by atoms with Gasteiger partial charge in [-0.25, -0.2) is 14.0 Å². The van der Waals surface area contributed by atoms with E-state index in [4.69, 9.17) is 30.1 Å². The van der Waals surface area contributed by atoms with Crippen molar-refractivity contribution in [3.8, 4) is 0 Å². The minimum atomic E-state index is -3.77. The first-order valence-corrected chi connectivity index (χ1v) is 13.7. The van der Waals surface area contributed by atoms with Crippen molar-refractivity contribution < 1.29 is 28.2 Å². The number of aliphatic hydroxyl groups excluding tert-OH is 1. The summed E-state index contributed by atoms with van der Waals surface area (Å²) < 4.78 is 39.3. The Bertz CT molecular complexity index is 1000. The highest BCUT2D eigenvalue weighted by Crippen LogP contribution is 2.51. The van der Waals surface area contributed by atoms with E-state index in [1.165, 1.54) is 21.5 Å². The molecule has 2 fully saturated rings. The Balaban J connectivity index is 1.59. The molecule has 3 heterocycles. The van der Waals surface area contributed by atoms with Crippen LogP contribution >= 0.6 is 19.3 Å². The Morgan fingerprint density at radius 1 is 1.34 bits per heavy atom. The summed E-state index contributed by atoms with van der Waals surface area (Å²) in [4.78, 5) is 25.5. The van der Waals surface area contributed by atoms with Crippen molar-refractivity contribution in [1.29, 1.82) is 0 Å². The Morgan fingerprint density at radius 2 is 2.09 bits per heavy atom. The van der Waals surface area contributed by atoms with E-state index >= 15 is 0 Å². The van der Waals surface area contributed by atoms with E-state index in [9.17, 15) is 19.3 Å². The van der Waals surface area contributed by atoms with Gasteiger partial charge in [-0.3, -0.25) is 28.7 Å². The van der Waals surface area contributed by atoms with Crippen molar-refractivity contribution >= 4 is 19.3 Å². The SMILES string of the molecule is CC1CC(C)(C)NC(CCOP(=O)(OC[C@H]2O[C@@H](n3ccc(=O)[nH]c3=O)C[C@@H]2O)N(C)CCCl)O1. The molecule has 0 bridgehead atoms. The van der Waals surface area contributed by atoms with Crippen LogP contribution in [0.4, 0.5) is 0 Å². The molecule has 0 aliphatic carbocycles. The molecule has 1 aromatic heterocycles. The molecule has 3 N–H and O–H groups in total. The number of H-pyrrole nitrogens is 1. The first-order valence-electron chi connectivity index (χ1n) is 11.7. The highest BCUT2D eigenvalue weighted by molar-refractivity contribution is 7.51. The largest absolute Gasteiger partial charge is 0.408 e. The molecule has 0 amide bonds. The van der Waals surface area contributed by atoms with Gasteiger partial charge in [-0.1, -0.05) is 0 Å². The molecule has 0 spiro atoms. The number of nitrogens with one attached hydrogen (secondary N) is 2. The number of halogens is 1. The summed E-state index contributed by atoms with van der Waals surface area (Å²) in [5.74, 6) is 0.214. The monoisotopic (exact) mass is 538 g/mol. The summed E-state index contributed by atoms with van der Waals surface area (Å²) >= 11 is 5.84. The zero-order valence-electron chi connectivity index (χ0n) is 20.5. The fraction of sp³-hybridized carbons (Fsp3) is 0.810. The quantitative estimate of drug-likeness (QED) is 0.279. The molecule has 12 nitrogen and oxygen atoms in total. The van der Waals surface area contributed by atoms with Crippen molar-refractivity contribution in [3.63, 3.8) is 0 Å². The number of hydrogen-bond donors (Lipinski definition) is 3. The second-order valence-electron chi connectivity index (χ2n) is 9.57. The number of aliphatic hydroxyl groups is 1. The van der Waals surface area contributed by atoms with Gasteiger partial charge in [-0.15, -0.1) is 11.6 Å². The molecular formula is C21H36ClN4O8P. The third-order valence-corrected chi connectivity index (χ3v) is 8.16. The molecule has 2 aliphatic rings. The summed E-state index contributed by atoms with van der Waals surface area (Å²) in [5.41, 5.74) is -1.27. The highest BCUT2D eigenvalue weighted by atomic mass is 35.5. The number of hydrogen-bond acceptors (Lipinski definition) is 9. The Morgan fingerprint density at radius 3 is 2.74 bits per heavy atom. The smallest absolute Gasteiger partial charge is 0.390 e. The molecule has 2 aliphatic heterocycles. The van der Waals surface area contributed by atoms with Crippen LogP contribution in [0.3, 0.4) is 0 Å². The van der Waals surface area contributed by atoms with Crippen LogP contribution in [0.1, 0.15) is 46.3 Å². The summed E-state index contributed by atoms with van der Waals surface area (Å²) in [7, 11) is -2.19. The maximum atomic E-state index is 13.6. The van der Waals surface area contributed by atoms with Gasteiger partial charge in [0, 0.05) is 43.1 Å². The van der Waals surface area contributed by atoms with Crippen LogP contribution in [0, 0.1) is 0 Å². The average molecular weight is 539 g/mol. The second-order valence-corrected chi connectivity index (χ2v) is 12.1. The third-order valence-electron chi connectivity index (χ3n) is 5.97. The van der Waals surface area contributed by atoms with Gasteiger partial charge in [0.25, 0.3) is 5.56 Å². The summed E-state index contributed by atoms with van der Waals surface area (Å²) in [5, 5.41) is 13.8. The Kier molecular flexibility index (Phi) is 9.75. The summed E-state index contributed by atoms with van der Waals surface area (Å²) in [6.45, 7) is 6.34. The van der Waals surface area contributed by atoms with Crippen molar-refractivity contribution in [2.45, 2.75) is 76.3 Å². The van der Waals surface area contributed by atoms with Crippen LogP contribution in [0.15, 0.2) is 21.9 Å². The zero-order valence-corrected chi connectivity index (χ0v) is 22.2. The van der Waals surface area contributed by atoms with Crippen LogP contribution in [0.25, 0.3) is 0 Å². The Hall–Kier alpha value is -1.08. The maximum absolute atomic E-state index is 13.6. The molecule has 3 unspecified atom stereocenters. The second kappa shape index (κ2) is 12.0. The normalized spacial score (nSPS) is 30.4. The van der Waals surface area contributed by atoms with Crippen LogP contribution < -0.4 is 16.6 Å². The minimum absolute atomic E-state index is 0.0851. The molecule has 1 aromatic rings. The zero-order chi connectivity index (χ0) is 25.8. The van der Waals surface area contributed by atoms with Gasteiger partial charge in [0.1, 0.15) is 18.6 Å². The van der Waals surface area contributed by atoms with Gasteiger partial charge in [0.15, 0.2) is 0 Å². The van der Waals surface area contributed by atoms with E-state index in [1.54, 1.807) is 7.05 Å². The maximum Gasteiger partial charge on any atom is 0.408 e. The fourth-order valence-corrected chi connectivity index (χ4v) is 6.18. The van der Waals surface area contributed by atoms with E-state index in [2.05, 4.69) is 24.1 Å². The lowest BCUT2D eigenvalue weighted by atomic mass is 9.95. The molecule has 35 heavy (non-hydrogen) atoms. The van der Waals surface area contributed by atoms with Crippen molar-refractivity contribution in [2.75, 3.05) is 32.7 Å². The van der Waals surface area contributed by atoms with Crippen LogP contribution in [0.2, 0.25) is 0 Å². The van der Waals surface area contributed by atoms with E-state index in [1.807, 2.05) is 6.92 Å². The standard InChI is InChI=1S/C21H36ClN4O8P/c1-14-12-21(2,3)24-18(33-14)6-10-31-35(30,25(4)9-7-22)32-13-16-15(27)11-19(34-16)26-8-5-17(28)23-20(26)29/h5,8,14-16,18-19,24,27H,6-7,9-13H2,1-4H3,(H,23,28,29)/t14?,15-,16+,18?,19+,35?/m0/s1. The minimum Gasteiger partial charge on any atom is -0.390 e. The molecule has 2 saturated heterocycles.